The summed E-state index contributed by atoms with van der Waals surface area (Å²) in [5.74, 6) is 0.491. The highest BCUT2D eigenvalue weighted by Gasteiger charge is 2.24. The fraction of sp³-hybridized carbons (Fsp3) is 0.500. The molecule has 0 aromatic heterocycles. The lowest BCUT2D eigenvalue weighted by atomic mass is 9.89. The summed E-state index contributed by atoms with van der Waals surface area (Å²) in [5.41, 5.74) is 1.35. The maximum absolute atomic E-state index is 9.67. The second kappa shape index (κ2) is 4.11. The summed E-state index contributed by atoms with van der Waals surface area (Å²) in [5, 5.41) is 9.67. The minimum atomic E-state index is -0.168. The van der Waals surface area contributed by atoms with Gasteiger partial charge in [0.1, 0.15) is 0 Å². The second-order valence-electron chi connectivity index (χ2n) is 4.22. The van der Waals surface area contributed by atoms with Gasteiger partial charge in [0, 0.05) is 13.1 Å². The van der Waals surface area contributed by atoms with E-state index in [4.69, 9.17) is 0 Å². The first kappa shape index (κ1) is 9.69. The highest BCUT2D eigenvalue weighted by atomic mass is 16.3. The van der Waals surface area contributed by atoms with Gasteiger partial charge in [0.05, 0.1) is 6.10 Å². The molecule has 1 fully saturated rings. The smallest absolute Gasteiger partial charge is 0.0673 e. The number of likely N-dealkylation sites (tertiary alicyclic amines) is 1. The minimum absolute atomic E-state index is 0.168. The molecule has 1 aliphatic heterocycles. The Morgan fingerprint density at radius 2 is 1.93 bits per heavy atom. The predicted octanol–water partition coefficient (Wildman–Crippen LogP) is 1.47. The van der Waals surface area contributed by atoms with E-state index in [0.717, 1.165) is 19.5 Å². The molecule has 14 heavy (non-hydrogen) atoms. The zero-order valence-electron chi connectivity index (χ0n) is 8.56. The average molecular weight is 191 g/mol. The van der Waals surface area contributed by atoms with Crippen LogP contribution in [0.2, 0.25) is 0 Å². The molecule has 1 heterocycles. The van der Waals surface area contributed by atoms with Crippen molar-refractivity contribution in [3.63, 3.8) is 0 Å². The number of piperidine rings is 1. The van der Waals surface area contributed by atoms with E-state index in [9.17, 15) is 5.11 Å². The Morgan fingerprint density at radius 1 is 1.21 bits per heavy atom. The van der Waals surface area contributed by atoms with E-state index in [1.165, 1.54) is 5.56 Å². The van der Waals surface area contributed by atoms with E-state index >= 15 is 0 Å². The number of hydrogen-bond acceptors (Lipinski definition) is 2. The Kier molecular flexibility index (Phi) is 2.85. The summed E-state index contributed by atoms with van der Waals surface area (Å²) in [4.78, 5) is 2.20. The van der Waals surface area contributed by atoms with Crippen LogP contribution in [0.3, 0.4) is 0 Å². The van der Waals surface area contributed by atoms with Crippen molar-refractivity contribution in [2.24, 2.45) is 0 Å². The van der Waals surface area contributed by atoms with E-state index in [0.29, 0.717) is 5.92 Å². The number of nitrogens with zero attached hydrogens (tertiary/aromatic N) is 1. The number of rotatable bonds is 1. The molecule has 0 radical (unpaired) electrons. The molecule has 0 spiro atoms. The monoisotopic (exact) mass is 191 g/mol. The first-order valence-corrected chi connectivity index (χ1v) is 5.17. The summed E-state index contributed by atoms with van der Waals surface area (Å²) in [6.45, 7) is 1.87. The van der Waals surface area contributed by atoms with Crippen molar-refractivity contribution in [3.8, 4) is 0 Å². The van der Waals surface area contributed by atoms with Crippen LogP contribution in [0.1, 0.15) is 17.9 Å². The summed E-state index contributed by atoms with van der Waals surface area (Å²) < 4.78 is 0. The first-order chi connectivity index (χ1) is 6.75. The summed E-state index contributed by atoms with van der Waals surface area (Å²) >= 11 is 0. The largest absolute Gasteiger partial charge is 0.392 e. The molecule has 0 amide bonds. The molecule has 76 valence electrons. The van der Waals surface area contributed by atoms with Crippen molar-refractivity contribution in [1.29, 1.82) is 0 Å². The standard InChI is InChI=1S/C12H17NO/c1-13-8-11(7-12(14)9-13)10-5-3-2-4-6-10/h2-6,11-12,14H,7-9H2,1H3. The Bertz CT molecular complexity index is 276. The molecule has 2 nitrogen and oxygen atoms in total. The first-order valence-electron chi connectivity index (χ1n) is 5.17. The minimum Gasteiger partial charge on any atom is -0.392 e. The number of benzene rings is 1. The van der Waals surface area contributed by atoms with Gasteiger partial charge in [-0.1, -0.05) is 30.3 Å². The van der Waals surface area contributed by atoms with Crippen LogP contribution in [-0.4, -0.2) is 36.2 Å². The number of aliphatic hydroxyl groups excluding tert-OH is 1. The maximum atomic E-state index is 9.67. The van der Waals surface area contributed by atoms with Crippen molar-refractivity contribution in [1.82, 2.24) is 4.90 Å². The van der Waals surface area contributed by atoms with Gasteiger partial charge in [-0.05, 0) is 24.9 Å². The van der Waals surface area contributed by atoms with E-state index < -0.39 is 0 Å². The Hall–Kier alpha value is -0.860. The van der Waals surface area contributed by atoms with Crippen molar-refractivity contribution in [2.45, 2.75) is 18.4 Å². The molecule has 2 atom stereocenters. The summed E-state index contributed by atoms with van der Waals surface area (Å²) in [6.07, 6.45) is 0.730. The van der Waals surface area contributed by atoms with E-state index in [1.807, 2.05) is 6.07 Å². The number of hydrogen-bond donors (Lipinski definition) is 1. The molecular weight excluding hydrogens is 174 g/mol. The van der Waals surface area contributed by atoms with E-state index in [-0.39, 0.29) is 6.10 Å². The molecule has 1 aromatic carbocycles. The number of β-amino-alcohol motifs (C(OH)–C–C–N with tert-alkyl or cyclic N) is 1. The van der Waals surface area contributed by atoms with Crippen molar-refractivity contribution in [3.05, 3.63) is 35.9 Å². The van der Waals surface area contributed by atoms with Gasteiger partial charge in [-0.2, -0.15) is 0 Å². The van der Waals surface area contributed by atoms with E-state index in [1.54, 1.807) is 0 Å². The maximum Gasteiger partial charge on any atom is 0.0673 e. The van der Waals surface area contributed by atoms with Crippen LogP contribution in [0, 0.1) is 0 Å². The van der Waals surface area contributed by atoms with Gasteiger partial charge in [0.2, 0.25) is 0 Å². The summed E-state index contributed by atoms with van der Waals surface area (Å²) in [7, 11) is 2.07. The highest BCUT2D eigenvalue weighted by Crippen LogP contribution is 2.25. The molecule has 0 aliphatic carbocycles. The van der Waals surface area contributed by atoms with Gasteiger partial charge in [0.25, 0.3) is 0 Å². The number of likely N-dealkylation sites (N-methyl/N-ethyl adjacent to an activating group) is 1. The topological polar surface area (TPSA) is 23.5 Å². The SMILES string of the molecule is CN1CC(O)CC(c2ccccc2)C1. The molecule has 1 aliphatic rings. The average Bonchev–Trinajstić information content (AvgIpc) is 2.18. The number of aliphatic hydroxyl groups is 1. The van der Waals surface area contributed by atoms with Gasteiger partial charge in [-0.25, -0.2) is 0 Å². The third-order valence-corrected chi connectivity index (χ3v) is 2.88. The third-order valence-electron chi connectivity index (χ3n) is 2.88. The molecule has 2 unspecified atom stereocenters. The quantitative estimate of drug-likeness (QED) is 0.726. The molecule has 1 N–H and O–H groups in total. The molecule has 2 rings (SSSR count). The lowest BCUT2D eigenvalue weighted by Gasteiger charge is -2.33. The Balaban J connectivity index is 2.11. The van der Waals surface area contributed by atoms with Gasteiger partial charge in [-0.3, -0.25) is 0 Å². The van der Waals surface area contributed by atoms with Gasteiger partial charge < -0.3 is 10.0 Å². The third kappa shape index (κ3) is 2.14. The fourth-order valence-corrected chi connectivity index (χ4v) is 2.25. The molecule has 0 bridgehead atoms. The zero-order valence-corrected chi connectivity index (χ0v) is 8.56. The highest BCUT2D eigenvalue weighted by molar-refractivity contribution is 5.20. The van der Waals surface area contributed by atoms with Crippen LogP contribution in [0.5, 0.6) is 0 Å². The predicted molar refractivity (Wildman–Crippen MR) is 57.3 cm³/mol. The molecular formula is C12H17NO. The summed E-state index contributed by atoms with van der Waals surface area (Å²) in [6, 6.07) is 10.5. The van der Waals surface area contributed by atoms with Gasteiger partial charge >= 0.3 is 0 Å². The van der Waals surface area contributed by atoms with E-state index in [2.05, 4.69) is 36.2 Å². The Labute approximate surface area is 85.2 Å². The van der Waals surface area contributed by atoms with Crippen LogP contribution in [0.15, 0.2) is 30.3 Å². The van der Waals surface area contributed by atoms with Gasteiger partial charge in [0.15, 0.2) is 0 Å². The van der Waals surface area contributed by atoms with Crippen LogP contribution < -0.4 is 0 Å². The molecule has 2 heteroatoms. The normalized spacial score (nSPS) is 29.0. The molecule has 1 saturated heterocycles. The fourth-order valence-electron chi connectivity index (χ4n) is 2.25. The van der Waals surface area contributed by atoms with Crippen molar-refractivity contribution >= 4 is 0 Å². The van der Waals surface area contributed by atoms with Crippen LogP contribution in [0.4, 0.5) is 0 Å². The van der Waals surface area contributed by atoms with Crippen LogP contribution >= 0.6 is 0 Å². The van der Waals surface area contributed by atoms with Gasteiger partial charge in [-0.15, -0.1) is 0 Å². The van der Waals surface area contributed by atoms with Crippen LogP contribution in [-0.2, 0) is 0 Å². The Morgan fingerprint density at radius 3 is 2.57 bits per heavy atom. The lowest BCUT2D eigenvalue weighted by Crippen LogP contribution is -2.39. The zero-order chi connectivity index (χ0) is 9.97. The van der Waals surface area contributed by atoms with Crippen molar-refractivity contribution < 1.29 is 5.11 Å². The van der Waals surface area contributed by atoms with Crippen molar-refractivity contribution in [2.75, 3.05) is 20.1 Å². The molecule has 1 aromatic rings. The molecule has 0 saturated carbocycles. The second-order valence-corrected chi connectivity index (χ2v) is 4.22. The van der Waals surface area contributed by atoms with Crippen LogP contribution in [0.25, 0.3) is 0 Å². The lowest BCUT2D eigenvalue weighted by molar-refractivity contribution is 0.0725.